The van der Waals surface area contributed by atoms with Crippen LogP contribution in [0.5, 0.6) is 0 Å². The van der Waals surface area contributed by atoms with E-state index in [-0.39, 0.29) is 0 Å². The van der Waals surface area contributed by atoms with Crippen LogP contribution in [0.1, 0.15) is 50.3 Å². The van der Waals surface area contributed by atoms with Crippen molar-refractivity contribution in [3.8, 4) is 0 Å². The first kappa shape index (κ1) is 15.5. The molecule has 1 aromatic carbocycles. The Balaban J connectivity index is 1.98. The van der Waals surface area contributed by atoms with Crippen LogP contribution in [-0.2, 0) is 11.2 Å². The molecule has 20 heavy (non-hydrogen) atoms. The van der Waals surface area contributed by atoms with Gasteiger partial charge in [-0.15, -0.1) is 0 Å². The van der Waals surface area contributed by atoms with E-state index in [4.69, 9.17) is 4.74 Å². The minimum Gasteiger partial charge on any atom is -0.381 e. The van der Waals surface area contributed by atoms with Crippen molar-refractivity contribution in [2.45, 2.75) is 45.6 Å². The van der Waals surface area contributed by atoms with Gasteiger partial charge in [0.15, 0.2) is 0 Å². The summed E-state index contributed by atoms with van der Waals surface area (Å²) in [6.45, 7) is 6.19. The summed E-state index contributed by atoms with van der Waals surface area (Å²) >= 11 is 0. The SMILES string of the molecule is CNC1c2ccccc2CCCC1CCOCC(C)C. The van der Waals surface area contributed by atoms with E-state index in [2.05, 4.69) is 50.5 Å². The van der Waals surface area contributed by atoms with Crippen LogP contribution in [0.4, 0.5) is 0 Å². The number of ether oxygens (including phenoxy) is 1. The van der Waals surface area contributed by atoms with E-state index in [0.717, 1.165) is 19.6 Å². The molecule has 2 rings (SSSR count). The average Bonchev–Trinajstić information content (AvgIpc) is 2.62. The summed E-state index contributed by atoms with van der Waals surface area (Å²) in [5.74, 6) is 1.32. The van der Waals surface area contributed by atoms with Crippen LogP contribution >= 0.6 is 0 Å². The molecule has 0 fully saturated rings. The fraction of sp³-hybridized carbons (Fsp3) is 0.667. The van der Waals surface area contributed by atoms with Gasteiger partial charge in [0.05, 0.1) is 0 Å². The zero-order valence-corrected chi connectivity index (χ0v) is 13.2. The maximum absolute atomic E-state index is 5.79. The van der Waals surface area contributed by atoms with Gasteiger partial charge in [-0.2, -0.15) is 0 Å². The molecule has 1 aliphatic carbocycles. The van der Waals surface area contributed by atoms with Gasteiger partial charge in [-0.3, -0.25) is 0 Å². The highest BCUT2D eigenvalue weighted by Crippen LogP contribution is 2.34. The molecular formula is C18H29NO. The molecule has 2 unspecified atom stereocenters. The number of hydrogen-bond acceptors (Lipinski definition) is 2. The van der Waals surface area contributed by atoms with Crippen molar-refractivity contribution in [1.29, 1.82) is 0 Å². The maximum Gasteiger partial charge on any atom is 0.0488 e. The molecule has 1 N–H and O–H groups in total. The summed E-state index contributed by atoms with van der Waals surface area (Å²) < 4.78 is 5.79. The number of aryl methyl sites for hydroxylation is 1. The van der Waals surface area contributed by atoms with Crippen LogP contribution in [0, 0.1) is 11.8 Å². The Morgan fingerprint density at radius 1 is 1.30 bits per heavy atom. The van der Waals surface area contributed by atoms with Crippen LogP contribution in [-0.4, -0.2) is 20.3 Å². The summed E-state index contributed by atoms with van der Waals surface area (Å²) in [6, 6.07) is 9.40. The second kappa shape index (κ2) is 7.80. The molecule has 1 aliphatic rings. The van der Waals surface area contributed by atoms with Crippen LogP contribution < -0.4 is 5.32 Å². The highest BCUT2D eigenvalue weighted by atomic mass is 16.5. The zero-order valence-electron chi connectivity index (χ0n) is 13.2. The molecule has 2 heteroatoms. The molecule has 0 saturated carbocycles. The standard InChI is InChI=1S/C18H29NO/c1-14(2)13-20-12-11-16-9-6-8-15-7-4-5-10-17(15)18(16)19-3/h4-5,7,10,14,16,18-19H,6,8-9,11-13H2,1-3H3. The van der Waals surface area contributed by atoms with Crippen molar-refractivity contribution in [2.24, 2.45) is 11.8 Å². The van der Waals surface area contributed by atoms with Gasteiger partial charge in [0.25, 0.3) is 0 Å². The van der Waals surface area contributed by atoms with E-state index < -0.39 is 0 Å². The first-order valence-electron chi connectivity index (χ1n) is 8.05. The second-order valence-electron chi connectivity index (χ2n) is 6.37. The highest BCUT2D eigenvalue weighted by molar-refractivity contribution is 5.31. The lowest BCUT2D eigenvalue weighted by Crippen LogP contribution is -2.26. The minimum atomic E-state index is 0.483. The van der Waals surface area contributed by atoms with E-state index >= 15 is 0 Å². The van der Waals surface area contributed by atoms with Crippen LogP contribution in [0.15, 0.2) is 24.3 Å². The predicted molar refractivity (Wildman–Crippen MR) is 84.9 cm³/mol. The van der Waals surface area contributed by atoms with Crippen LogP contribution in [0.25, 0.3) is 0 Å². The highest BCUT2D eigenvalue weighted by Gasteiger charge is 2.26. The van der Waals surface area contributed by atoms with Gasteiger partial charge in [-0.25, -0.2) is 0 Å². The maximum atomic E-state index is 5.79. The molecule has 0 saturated heterocycles. The number of benzene rings is 1. The summed E-state index contributed by atoms with van der Waals surface area (Å²) in [4.78, 5) is 0. The van der Waals surface area contributed by atoms with Gasteiger partial charge in [0.1, 0.15) is 0 Å². The number of rotatable bonds is 6. The number of nitrogens with one attached hydrogen (secondary N) is 1. The van der Waals surface area contributed by atoms with Gasteiger partial charge >= 0.3 is 0 Å². The molecule has 1 aromatic rings. The Kier molecular flexibility index (Phi) is 6.06. The van der Waals surface area contributed by atoms with Gasteiger partial charge in [0, 0.05) is 19.3 Å². The van der Waals surface area contributed by atoms with Crippen molar-refractivity contribution in [3.63, 3.8) is 0 Å². The summed E-state index contributed by atoms with van der Waals surface area (Å²) in [5, 5.41) is 3.54. The Morgan fingerprint density at radius 2 is 2.10 bits per heavy atom. The lowest BCUT2D eigenvalue weighted by Gasteiger charge is -2.26. The zero-order chi connectivity index (χ0) is 14.4. The van der Waals surface area contributed by atoms with Crippen molar-refractivity contribution in [1.82, 2.24) is 5.32 Å². The first-order chi connectivity index (χ1) is 9.72. The molecule has 0 amide bonds. The van der Waals surface area contributed by atoms with Crippen molar-refractivity contribution >= 4 is 0 Å². The van der Waals surface area contributed by atoms with E-state index in [1.54, 1.807) is 0 Å². The molecule has 0 heterocycles. The second-order valence-corrected chi connectivity index (χ2v) is 6.37. The average molecular weight is 275 g/mol. The van der Waals surface area contributed by atoms with Crippen molar-refractivity contribution in [3.05, 3.63) is 35.4 Å². The molecular weight excluding hydrogens is 246 g/mol. The fourth-order valence-electron chi connectivity index (χ4n) is 3.30. The molecule has 0 spiro atoms. The molecule has 0 aromatic heterocycles. The van der Waals surface area contributed by atoms with Gasteiger partial charge in [0.2, 0.25) is 0 Å². The topological polar surface area (TPSA) is 21.3 Å². The monoisotopic (exact) mass is 275 g/mol. The molecule has 0 aliphatic heterocycles. The minimum absolute atomic E-state index is 0.483. The lowest BCUT2D eigenvalue weighted by molar-refractivity contribution is 0.0921. The van der Waals surface area contributed by atoms with Gasteiger partial charge in [-0.1, -0.05) is 38.1 Å². The number of fused-ring (bicyclic) bond motifs is 1. The molecule has 112 valence electrons. The van der Waals surface area contributed by atoms with E-state index in [1.807, 2.05) is 0 Å². The summed E-state index contributed by atoms with van der Waals surface area (Å²) in [7, 11) is 2.09. The van der Waals surface area contributed by atoms with E-state index in [1.165, 1.54) is 30.4 Å². The fourth-order valence-corrected chi connectivity index (χ4v) is 3.30. The molecule has 0 bridgehead atoms. The van der Waals surface area contributed by atoms with Gasteiger partial charge in [-0.05, 0) is 55.7 Å². The smallest absolute Gasteiger partial charge is 0.0488 e. The molecule has 2 atom stereocenters. The molecule has 2 nitrogen and oxygen atoms in total. The Hall–Kier alpha value is -0.860. The van der Waals surface area contributed by atoms with Crippen LogP contribution in [0.2, 0.25) is 0 Å². The lowest BCUT2D eigenvalue weighted by atomic mass is 9.88. The normalized spacial score (nSPS) is 22.6. The largest absolute Gasteiger partial charge is 0.381 e. The number of hydrogen-bond donors (Lipinski definition) is 1. The summed E-state index contributed by atoms with van der Waals surface area (Å²) in [5.41, 5.74) is 3.03. The van der Waals surface area contributed by atoms with E-state index in [0.29, 0.717) is 17.9 Å². The summed E-state index contributed by atoms with van der Waals surface area (Å²) in [6.07, 6.45) is 4.97. The third-order valence-corrected chi connectivity index (χ3v) is 4.28. The van der Waals surface area contributed by atoms with Crippen molar-refractivity contribution < 1.29 is 4.74 Å². The van der Waals surface area contributed by atoms with E-state index in [9.17, 15) is 0 Å². The predicted octanol–water partition coefficient (Wildman–Crippen LogP) is 3.96. The first-order valence-corrected chi connectivity index (χ1v) is 8.05. The third-order valence-electron chi connectivity index (χ3n) is 4.28. The van der Waals surface area contributed by atoms with Crippen LogP contribution in [0.3, 0.4) is 0 Å². The Morgan fingerprint density at radius 3 is 2.85 bits per heavy atom. The third kappa shape index (κ3) is 4.07. The molecule has 0 radical (unpaired) electrons. The Labute approximate surface area is 123 Å². The Bertz CT molecular complexity index is 402. The quantitative estimate of drug-likeness (QED) is 0.626. The van der Waals surface area contributed by atoms with Gasteiger partial charge < -0.3 is 10.1 Å². The van der Waals surface area contributed by atoms with Crippen molar-refractivity contribution in [2.75, 3.05) is 20.3 Å².